The van der Waals surface area contributed by atoms with E-state index < -0.39 is 12.1 Å². The molecule has 0 amide bonds. The van der Waals surface area contributed by atoms with Gasteiger partial charge in [-0.15, -0.1) is 0 Å². The van der Waals surface area contributed by atoms with E-state index in [1.807, 2.05) is 0 Å². The van der Waals surface area contributed by atoms with Gasteiger partial charge in [0.2, 0.25) is 0 Å². The maximum absolute atomic E-state index is 11.8. The van der Waals surface area contributed by atoms with E-state index in [0.29, 0.717) is 29.0 Å². The normalized spacial score (nSPS) is 11.8. The van der Waals surface area contributed by atoms with Crippen LogP contribution in [0.15, 0.2) is 12.1 Å². The van der Waals surface area contributed by atoms with Crippen LogP contribution in [-0.4, -0.2) is 38.5 Å². The van der Waals surface area contributed by atoms with Crippen molar-refractivity contribution in [3.63, 3.8) is 0 Å². The highest BCUT2D eigenvalue weighted by atomic mass is 16.5. The van der Waals surface area contributed by atoms with Crippen LogP contribution in [0.4, 0.5) is 0 Å². The number of benzene rings is 1. The third-order valence-corrected chi connectivity index (χ3v) is 2.52. The molecule has 0 saturated carbocycles. The van der Waals surface area contributed by atoms with E-state index in [1.165, 1.54) is 21.3 Å². The third-order valence-electron chi connectivity index (χ3n) is 2.52. The average Bonchev–Trinajstić information content (AvgIpc) is 2.36. The highest BCUT2D eigenvalue weighted by Crippen LogP contribution is 2.30. The van der Waals surface area contributed by atoms with Gasteiger partial charge in [-0.25, -0.2) is 4.79 Å². The number of hydrogen-bond acceptors (Lipinski definition) is 5. The van der Waals surface area contributed by atoms with Crippen LogP contribution in [0.3, 0.4) is 0 Å². The van der Waals surface area contributed by atoms with E-state index in [1.54, 1.807) is 19.1 Å². The number of aliphatic hydroxyl groups is 1. The Morgan fingerprint density at radius 3 is 2.39 bits per heavy atom. The quantitative estimate of drug-likeness (QED) is 0.805. The number of hydrogen-bond donors (Lipinski definition) is 1. The van der Waals surface area contributed by atoms with Gasteiger partial charge in [0.1, 0.15) is 17.1 Å². The fourth-order valence-corrected chi connectivity index (χ4v) is 1.74. The molecule has 0 saturated heterocycles. The summed E-state index contributed by atoms with van der Waals surface area (Å²) < 4.78 is 15.0. The van der Waals surface area contributed by atoms with Crippen molar-refractivity contribution in [2.24, 2.45) is 0 Å². The average molecular weight is 254 g/mol. The van der Waals surface area contributed by atoms with Crippen molar-refractivity contribution < 1.29 is 24.1 Å². The summed E-state index contributed by atoms with van der Waals surface area (Å²) in [5, 5.41) is 9.48. The molecule has 0 spiro atoms. The highest BCUT2D eigenvalue weighted by Gasteiger charge is 2.20. The lowest BCUT2D eigenvalue weighted by Gasteiger charge is -2.15. The first-order valence-electron chi connectivity index (χ1n) is 5.54. The van der Waals surface area contributed by atoms with Crippen molar-refractivity contribution in [1.29, 1.82) is 0 Å². The number of aliphatic hydroxyl groups excluding tert-OH is 1. The van der Waals surface area contributed by atoms with E-state index in [0.717, 1.165) is 0 Å². The molecule has 0 radical (unpaired) electrons. The molecule has 1 rings (SSSR count). The smallest absolute Gasteiger partial charge is 0.341 e. The first kappa shape index (κ1) is 14.3. The maximum atomic E-state index is 11.8. The molecule has 18 heavy (non-hydrogen) atoms. The molecule has 0 aliphatic carbocycles. The van der Waals surface area contributed by atoms with Gasteiger partial charge in [0.15, 0.2) is 0 Å². The summed E-state index contributed by atoms with van der Waals surface area (Å²) >= 11 is 0. The van der Waals surface area contributed by atoms with Crippen LogP contribution >= 0.6 is 0 Å². The van der Waals surface area contributed by atoms with Crippen molar-refractivity contribution in [3.05, 3.63) is 23.3 Å². The molecule has 1 atom stereocenters. The molecule has 100 valence electrons. The molecule has 1 unspecified atom stereocenters. The van der Waals surface area contributed by atoms with Crippen LogP contribution in [0.1, 0.15) is 22.8 Å². The molecular weight excluding hydrogens is 236 g/mol. The minimum Gasteiger partial charge on any atom is -0.497 e. The molecule has 0 heterocycles. The predicted molar refractivity (Wildman–Crippen MR) is 66.3 cm³/mol. The second kappa shape index (κ2) is 6.26. The first-order chi connectivity index (χ1) is 8.53. The van der Waals surface area contributed by atoms with Crippen molar-refractivity contribution in [2.75, 3.05) is 21.3 Å². The van der Waals surface area contributed by atoms with Gasteiger partial charge in [-0.3, -0.25) is 0 Å². The van der Waals surface area contributed by atoms with Gasteiger partial charge in [-0.2, -0.15) is 0 Å². The standard InChI is InChI=1S/C13H18O5/c1-8(14)5-9-6-10(16-2)7-11(17-3)12(9)13(15)18-4/h6-8,14H,5H2,1-4H3. The summed E-state index contributed by atoms with van der Waals surface area (Å²) in [5.74, 6) is 0.442. The number of esters is 1. The Kier molecular flexibility index (Phi) is 4.97. The largest absolute Gasteiger partial charge is 0.497 e. The third kappa shape index (κ3) is 3.13. The van der Waals surface area contributed by atoms with Crippen molar-refractivity contribution >= 4 is 5.97 Å². The zero-order valence-electron chi connectivity index (χ0n) is 11.0. The van der Waals surface area contributed by atoms with Crippen LogP contribution < -0.4 is 9.47 Å². The van der Waals surface area contributed by atoms with Crippen LogP contribution in [0.2, 0.25) is 0 Å². The van der Waals surface area contributed by atoms with Crippen LogP contribution in [0.5, 0.6) is 11.5 Å². The Hall–Kier alpha value is -1.75. The highest BCUT2D eigenvalue weighted by molar-refractivity contribution is 5.94. The molecule has 0 aliphatic rings. The minimum absolute atomic E-state index is 0.317. The number of carbonyl (C=O) groups excluding carboxylic acids is 1. The van der Waals surface area contributed by atoms with Gasteiger partial charge in [-0.1, -0.05) is 0 Å². The Bertz CT molecular complexity index is 426. The second-order valence-electron chi connectivity index (χ2n) is 3.91. The monoisotopic (exact) mass is 254 g/mol. The number of methoxy groups -OCH3 is 3. The maximum Gasteiger partial charge on any atom is 0.341 e. The first-order valence-corrected chi connectivity index (χ1v) is 5.54. The minimum atomic E-state index is -0.579. The van der Waals surface area contributed by atoms with E-state index >= 15 is 0 Å². The number of carbonyl (C=O) groups is 1. The molecule has 1 aromatic rings. The van der Waals surface area contributed by atoms with Gasteiger partial charge in [0.25, 0.3) is 0 Å². The molecule has 5 heteroatoms. The number of ether oxygens (including phenoxy) is 3. The van der Waals surface area contributed by atoms with Crippen molar-refractivity contribution in [2.45, 2.75) is 19.4 Å². The van der Waals surface area contributed by atoms with E-state index in [9.17, 15) is 9.90 Å². The summed E-state index contributed by atoms with van der Waals surface area (Å²) in [5.41, 5.74) is 0.953. The van der Waals surface area contributed by atoms with Gasteiger partial charge >= 0.3 is 5.97 Å². The van der Waals surface area contributed by atoms with Gasteiger partial charge < -0.3 is 19.3 Å². The van der Waals surface area contributed by atoms with E-state index in [-0.39, 0.29) is 0 Å². The van der Waals surface area contributed by atoms with Gasteiger partial charge in [0, 0.05) is 6.07 Å². The SMILES string of the molecule is COC(=O)c1c(CC(C)O)cc(OC)cc1OC. The fraction of sp³-hybridized carbons (Fsp3) is 0.462. The predicted octanol–water partition coefficient (Wildman–Crippen LogP) is 1.41. The zero-order valence-corrected chi connectivity index (χ0v) is 11.0. The summed E-state index contributed by atoms with van der Waals surface area (Å²) in [7, 11) is 4.30. The zero-order chi connectivity index (χ0) is 13.7. The summed E-state index contributed by atoms with van der Waals surface area (Å²) in [6.07, 6.45) is -0.261. The lowest BCUT2D eigenvalue weighted by molar-refractivity contribution is 0.0595. The lowest BCUT2D eigenvalue weighted by atomic mass is 10.0. The molecule has 0 aromatic heterocycles. The fourth-order valence-electron chi connectivity index (χ4n) is 1.74. The van der Waals surface area contributed by atoms with E-state index in [4.69, 9.17) is 14.2 Å². The molecule has 1 aromatic carbocycles. The van der Waals surface area contributed by atoms with Crippen LogP contribution in [0.25, 0.3) is 0 Å². The Morgan fingerprint density at radius 2 is 1.94 bits per heavy atom. The van der Waals surface area contributed by atoms with Crippen molar-refractivity contribution in [3.8, 4) is 11.5 Å². The van der Waals surface area contributed by atoms with Gasteiger partial charge in [-0.05, 0) is 25.0 Å². The summed E-state index contributed by atoms with van der Waals surface area (Å²) in [6.45, 7) is 1.65. The summed E-state index contributed by atoms with van der Waals surface area (Å²) in [4.78, 5) is 11.8. The molecule has 1 N–H and O–H groups in total. The lowest BCUT2D eigenvalue weighted by Crippen LogP contribution is -2.13. The molecule has 0 bridgehead atoms. The second-order valence-corrected chi connectivity index (χ2v) is 3.91. The van der Waals surface area contributed by atoms with Crippen molar-refractivity contribution in [1.82, 2.24) is 0 Å². The Labute approximate surface area is 106 Å². The van der Waals surface area contributed by atoms with E-state index in [2.05, 4.69) is 0 Å². The van der Waals surface area contributed by atoms with Crippen LogP contribution in [0, 0.1) is 0 Å². The summed E-state index contributed by atoms with van der Waals surface area (Å²) in [6, 6.07) is 3.30. The molecule has 5 nitrogen and oxygen atoms in total. The molecular formula is C13H18O5. The van der Waals surface area contributed by atoms with Crippen LogP contribution in [-0.2, 0) is 11.2 Å². The molecule has 0 fully saturated rings. The Balaban J connectivity index is 3.36. The number of rotatable bonds is 5. The van der Waals surface area contributed by atoms with Gasteiger partial charge in [0.05, 0.1) is 27.4 Å². The topological polar surface area (TPSA) is 65.0 Å². The Morgan fingerprint density at radius 1 is 1.28 bits per heavy atom. The molecule has 0 aliphatic heterocycles.